The molecule has 0 amide bonds. The molecule has 0 bridgehead atoms. The van der Waals surface area contributed by atoms with Gasteiger partial charge in [-0.15, -0.1) is 0 Å². The highest BCUT2D eigenvalue weighted by Gasteiger charge is 2.17. The third kappa shape index (κ3) is 2.26. The van der Waals surface area contributed by atoms with Crippen LogP contribution in [0, 0.1) is 18.3 Å². The molecule has 0 fully saturated rings. The van der Waals surface area contributed by atoms with Gasteiger partial charge in [0, 0.05) is 5.56 Å². The Labute approximate surface area is 129 Å². The molecular formula is C17H10BrNO2. The Hall–Kier alpha value is -2.38. The Balaban J connectivity index is 2.48. The van der Waals surface area contributed by atoms with E-state index in [9.17, 15) is 10.1 Å². The molecular weight excluding hydrogens is 330 g/mol. The van der Waals surface area contributed by atoms with Gasteiger partial charge in [-0.3, -0.25) is 4.79 Å². The van der Waals surface area contributed by atoms with Crippen molar-refractivity contribution in [3.63, 3.8) is 0 Å². The van der Waals surface area contributed by atoms with Gasteiger partial charge in [0.05, 0.1) is 9.86 Å². The summed E-state index contributed by atoms with van der Waals surface area (Å²) in [6.45, 7) is 1.89. The van der Waals surface area contributed by atoms with Crippen LogP contribution in [-0.2, 0) is 0 Å². The maximum absolute atomic E-state index is 12.6. The second-order valence-corrected chi connectivity index (χ2v) is 5.59. The van der Waals surface area contributed by atoms with Crippen LogP contribution in [0.25, 0.3) is 22.3 Å². The Bertz CT molecular complexity index is 937. The molecule has 0 spiro atoms. The van der Waals surface area contributed by atoms with Crippen molar-refractivity contribution in [2.75, 3.05) is 0 Å². The number of hydrogen-bond acceptors (Lipinski definition) is 3. The molecule has 0 saturated carbocycles. The van der Waals surface area contributed by atoms with Crippen LogP contribution in [0.2, 0.25) is 0 Å². The monoisotopic (exact) mass is 339 g/mol. The Morgan fingerprint density at radius 1 is 1.19 bits per heavy atom. The lowest BCUT2D eigenvalue weighted by atomic mass is 10.0. The second kappa shape index (κ2) is 5.19. The molecule has 1 aromatic heterocycles. The highest BCUT2D eigenvalue weighted by molar-refractivity contribution is 9.10. The van der Waals surface area contributed by atoms with Gasteiger partial charge < -0.3 is 4.42 Å². The van der Waals surface area contributed by atoms with E-state index in [0.29, 0.717) is 26.8 Å². The molecule has 0 atom stereocenters. The van der Waals surface area contributed by atoms with Crippen molar-refractivity contribution >= 4 is 26.9 Å². The lowest BCUT2D eigenvalue weighted by Gasteiger charge is -2.07. The first-order valence-electron chi connectivity index (χ1n) is 6.34. The molecule has 3 aromatic rings. The van der Waals surface area contributed by atoms with Crippen LogP contribution < -0.4 is 5.43 Å². The van der Waals surface area contributed by atoms with Gasteiger partial charge in [0.25, 0.3) is 0 Å². The van der Waals surface area contributed by atoms with Gasteiger partial charge in [-0.2, -0.15) is 5.26 Å². The van der Waals surface area contributed by atoms with E-state index < -0.39 is 0 Å². The molecule has 3 rings (SSSR count). The summed E-state index contributed by atoms with van der Waals surface area (Å²) in [7, 11) is 0. The first kappa shape index (κ1) is 13.6. The maximum Gasteiger partial charge on any atom is 0.211 e. The third-order valence-electron chi connectivity index (χ3n) is 3.24. The van der Waals surface area contributed by atoms with Crippen molar-refractivity contribution < 1.29 is 4.42 Å². The Morgan fingerprint density at radius 3 is 2.57 bits per heavy atom. The fourth-order valence-electron chi connectivity index (χ4n) is 2.29. The molecule has 0 unspecified atom stereocenters. The predicted molar refractivity (Wildman–Crippen MR) is 85.1 cm³/mol. The van der Waals surface area contributed by atoms with Gasteiger partial charge in [-0.25, -0.2) is 0 Å². The molecule has 2 aromatic carbocycles. The van der Waals surface area contributed by atoms with Gasteiger partial charge in [0.2, 0.25) is 5.43 Å². The maximum atomic E-state index is 12.6. The number of nitrogens with zero attached hydrogens (tertiary/aromatic N) is 1. The van der Waals surface area contributed by atoms with Crippen LogP contribution in [0.1, 0.15) is 11.1 Å². The first-order valence-corrected chi connectivity index (χ1v) is 7.13. The highest BCUT2D eigenvalue weighted by Crippen LogP contribution is 2.30. The zero-order valence-corrected chi connectivity index (χ0v) is 12.8. The van der Waals surface area contributed by atoms with Crippen molar-refractivity contribution in [1.82, 2.24) is 0 Å². The summed E-state index contributed by atoms with van der Waals surface area (Å²) in [5, 5.41) is 9.75. The number of aryl methyl sites for hydroxylation is 1. The van der Waals surface area contributed by atoms with Gasteiger partial charge in [0.1, 0.15) is 11.6 Å². The van der Waals surface area contributed by atoms with Crippen molar-refractivity contribution in [2.45, 2.75) is 6.92 Å². The van der Waals surface area contributed by atoms with Gasteiger partial charge >= 0.3 is 0 Å². The van der Waals surface area contributed by atoms with Crippen LogP contribution in [0.15, 0.2) is 56.1 Å². The van der Waals surface area contributed by atoms with Gasteiger partial charge in [0.15, 0.2) is 11.3 Å². The van der Waals surface area contributed by atoms with E-state index >= 15 is 0 Å². The van der Waals surface area contributed by atoms with E-state index in [4.69, 9.17) is 4.42 Å². The van der Waals surface area contributed by atoms with E-state index in [-0.39, 0.29) is 11.0 Å². The standard InChI is InChI=1S/C17H10BrNO2/c1-10-7-12-15(20)13(9-19)16(11-5-3-2-4-6-11)21-17(12)14(18)8-10/h2-8H,1H3. The summed E-state index contributed by atoms with van der Waals surface area (Å²) in [6, 6.07) is 14.8. The number of nitriles is 1. The highest BCUT2D eigenvalue weighted by atomic mass is 79.9. The van der Waals surface area contributed by atoms with Crippen LogP contribution >= 0.6 is 15.9 Å². The molecule has 21 heavy (non-hydrogen) atoms. The van der Waals surface area contributed by atoms with Crippen LogP contribution in [0.4, 0.5) is 0 Å². The normalized spacial score (nSPS) is 10.5. The molecule has 102 valence electrons. The Kier molecular flexibility index (Phi) is 3.36. The minimum absolute atomic E-state index is 0.0335. The van der Waals surface area contributed by atoms with Crippen molar-refractivity contribution in [3.05, 3.63) is 68.3 Å². The molecule has 0 saturated heterocycles. The van der Waals surface area contributed by atoms with Crippen molar-refractivity contribution in [2.24, 2.45) is 0 Å². The van der Waals surface area contributed by atoms with E-state index in [0.717, 1.165) is 5.56 Å². The number of benzene rings is 2. The lowest BCUT2D eigenvalue weighted by Crippen LogP contribution is -2.08. The Morgan fingerprint density at radius 2 is 1.90 bits per heavy atom. The molecule has 1 heterocycles. The number of hydrogen-bond donors (Lipinski definition) is 0. The molecule has 0 N–H and O–H groups in total. The summed E-state index contributed by atoms with van der Waals surface area (Å²) in [4.78, 5) is 12.6. The van der Waals surface area contributed by atoms with E-state index in [1.165, 1.54) is 0 Å². The average Bonchev–Trinajstić information content (AvgIpc) is 2.49. The fourth-order valence-corrected chi connectivity index (χ4v) is 2.94. The summed E-state index contributed by atoms with van der Waals surface area (Å²) >= 11 is 3.42. The molecule has 0 aliphatic heterocycles. The lowest BCUT2D eigenvalue weighted by molar-refractivity contribution is 0.615. The summed E-state index contributed by atoms with van der Waals surface area (Å²) in [5.74, 6) is 0.306. The SMILES string of the molecule is Cc1cc(Br)c2oc(-c3ccccc3)c(C#N)c(=O)c2c1. The predicted octanol–water partition coefficient (Wildman–Crippen LogP) is 4.40. The fraction of sp³-hybridized carbons (Fsp3) is 0.0588. The van der Waals surface area contributed by atoms with Crippen LogP contribution in [0.3, 0.4) is 0 Å². The van der Waals surface area contributed by atoms with E-state index in [1.807, 2.05) is 49.4 Å². The number of fused-ring (bicyclic) bond motifs is 1. The second-order valence-electron chi connectivity index (χ2n) is 4.74. The number of rotatable bonds is 1. The molecule has 3 nitrogen and oxygen atoms in total. The summed E-state index contributed by atoms with van der Waals surface area (Å²) < 4.78 is 6.57. The zero-order chi connectivity index (χ0) is 15.0. The summed E-state index contributed by atoms with van der Waals surface area (Å²) in [5.41, 5.74) is 1.83. The third-order valence-corrected chi connectivity index (χ3v) is 3.83. The minimum atomic E-state index is -0.304. The number of halogens is 1. The molecule has 0 aliphatic rings. The van der Waals surface area contributed by atoms with Crippen molar-refractivity contribution in [1.29, 1.82) is 5.26 Å². The van der Waals surface area contributed by atoms with Crippen molar-refractivity contribution in [3.8, 4) is 17.4 Å². The van der Waals surface area contributed by atoms with Crippen LogP contribution in [-0.4, -0.2) is 0 Å². The smallest absolute Gasteiger partial charge is 0.211 e. The van der Waals surface area contributed by atoms with Gasteiger partial charge in [-0.05, 0) is 40.5 Å². The largest absolute Gasteiger partial charge is 0.453 e. The quantitative estimate of drug-likeness (QED) is 0.660. The van der Waals surface area contributed by atoms with Gasteiger partial charge in [-0.1, -0.05) is 30.3 Å². The summed E-state index contributed by atoms with van der Waals surface area (Å²) in [6.07, 6.45) is 0. The van der Waals surface area contributed by atoms with E-state index in [2.05, 4.69) is 15.9 Å². The van der Waals surface area contributed by atoms with Crippen LogP contribution in [0.5, 0.6) is 0 Å². The molecule has 4 heteroatoms. The topological polar surface area (TPSA) is 54.0 Å². The molecule has 0 aliphatic carbocycles. The zero-order valence-electron chi connectivity index (χ0n) is 11.2. The van der Waals surface area contributed by atoms with E-state index in [1.54, 1.807) is 6.07 Å². The first-order chi connectivity index (χ1) is 10.1. The average molecular weight is 340 g/mol. The molecule has 0 radical (unpaired) electrons. The minimum Gasteiger partial charge on any atom is -0.453 e.